The molecule has 0 bridgehead atoms. The van der Waals surface area contributed by atoms with Gasteiger partial charge >= 0.3 is 0 Å². The molecule has 0 spiro atoms. The second-order valence-electron chi connectivity index (χ2n) is 5.58. The van der Waals surface area contributed by atoms with Gasteiger partial charge in [-0.3, -0.25) is 0 Å². The van der Waals surface area contributed by atoms with Crippen molar-refractivity contribution in [2.45, 2.75) is 19.6 Å². The lowest BCUT2D eigenvalue weighted by atomic mass is 10.3. The van der Waals surface area contributed by atoms with Crippen LogP contribution in [0.1, 0.15) is 0 Å². The zero-order valence-electron chi connectivity index (χ0n) is 12.2. The number of hydrogen-bond acceptors (Lipinski definition) is 0. The van der Waals surface area contributed by atoms with Crippen LogP contribution in [0, 0.1) is 11.6 Å². The Labute approximate surface area is 150 Å². The molecule has 0 aliphatic heterocycles. The lowest BCUT2D eigenvalue weighted by molar-refractivity contribution is 0.596. The predicted molar refractivity (Wildman–Crippen MR) is 95.8 cm³/mol. The average molecular weight is 402 g/mol. The first-order valence-corrected chi connectivity index (χ1v) is 11.3. The number of halogens is 6. The summed E-state index contributed by atoms with van der Waals surface area (Å²) >= 11 is 22.3. The zero-order valence-corrected chi connectivity index (χ0v) is 16.2. The van der Waals surface area contributed by atoms with Crippen LogP contribution in [0.15, 0.2) is 30.3 Å². The van der Waals surface area contributed by atoms with E-state index in [0.29, 0.717) is 15.1 Å². The second kappa shape index (κ2) is 7.98. The molecule has 0 N–H and O–H groups in total. The molecule has 0 radical (unpaired) electrons. The fourth-order valence-corrected chi connectivity index (χ4v) is 4.42. The second-order valence-corrected chi connectivity index (χ2v) is 12.3. The van der Waals surface area contributed by atoms with Crippen molar-refractivity contribution >= 4 is 59.7 Å². The molecule has 2 aromatic rings. The van der Waals surface area contributed by atoms with Crippen LogP contribution in [-0.2, 0) is 0 Å². The Hall–Kier alpha value is -0.323. The molecule has 0 aliphatic rings. The maximum Gasteiger partial charge on any atom is 0.126 e. The third-order valence-corrected chi connectivity index (χ3v) is 5.43. The van der Waals surface area contributed by atoms with E-state index in [-0.39, 0.29) is 10.2 Å². The fraction of sp³-hybridized carbons (Fsp3) is 0.200. The van der Waals surface area contributed by atoms with Crippen molar-refractivity contribution in [3.8, 4) is 0 Å². The summed E-state index contributed by atoms with van der Waals surface area (Å²) in [7, 11) is -1.95. The van der Waals surface area contributed by atoms with E-state index in [1.54, 1.807) is 18.2 Å². The number of benzene rings is 2. The Bertz CT molecular complexity index is 596. The summed E-state index contributed by atoms with van der Waals surface area (Å²) in [4.78, 5) is 0. The van der Waals surface area contributed by atoms with Gasteiger partial charge in [0.05, 0.1) is 8.07 Å². The van der Waals surface area contributed by atoms with E-state index in [1.165, 1.54) is 0 Å². The van der Waals surface area contributed by atoms with Gasteiger partial charge in [-0.15, -0.1) is 0 Å². The standard InChI is InChI=1S/C9H11ClF2Si.C6H3Cl3/c1-13(2,3)9-7(11)4-6(10)5-8(9)12;7-4-1-5(8)3-6(9)2-4/h4-5H,1-3H3;1-3H. The minimum absolute atomic E-state index is 0.108. The highest BCUT2D eigenvalue weighted by atomic mass is 35.5. The highest BCUT2D eigenvalue weighted by molar-refractivity contribution is 6.88. The smallest absolute Gasteiger partial charge is 0.126 e. The zero-order chi connectivity index (χ0) is 17.1. The van der Waals surface area contributed by atoms with Crippen LogP contribution >= 0.6 is 46.4 Å². The van der Waals surface area contributed by atoms with Gasteiger partial charge in [0.1, 0.15) is 11.6 Å². The molecular weight excluding hydrogens is 388 g/mol. The van der Waals surface area contributed by atoms with Crippen molar-refractivity contribution in [1.82, 2.24) is 0 Å². The molecule has 2 rings (SSSR count). The summed E-state index contributed by atoms with van der Waals surface area (Å²) in [6.45, 7) is 5.67. The molecule has 0 aliphatic carbocycles. The molecule has 0 unspecified atom stereocenters. The number of rotatable bonds is 1. The van der Waals surface area contributed by atoms with Gasteiger partial charge in [0.25, 0.3) is 0 Å². The van der Waals surface area contributed by atoms with Gasteiger partial charge in [-0.05, 0) is 30.3 Å². The lowest BCUT2D eigenvalue weighted by Crippen LogP contribution is -2.42. The summed E-state index contributed by atoms with van der Waals surface area (Å²) in [5.41, 5.74) is 0. The predicted octanol–water partition coefficient (Wildman–Crippen LogP) is 6.81. The molecule has 0 fully saturated rings. The highest BCUT2D eigenvalue weighted by Gasteiger charge is 2.25. The maximum atomic E-state index is 13.3. The fourth-order valence-electron chi connectivity index (χ4n) is 1.78. The van der Waals surface area contributed by atoms with Crippen LogP contribution in [0.5, 0.6) is 0 Å². The molecule has 120 valence electrons. The molecule has 2 aromatic carbocycles. The third-order valence-electron chi connectivity index (χ3n) is 2.58. The van der Waals surface area contributed by atoms with Crippen LogP contribution in [0.4, 0.5) is 8.78 Å². The van der Waals surface area contributed by atoms with Crippen LogP contribution in [0.25, 0.3) is 0 Å². The Morgan fingerprint density at radius 2 is 0.909 bits per heavy atom. The molecule has 22 heavy (non-hydrogen) atoms. The minimum Gasteiger partial charge on any atom is -0.207 e. The summed E-state index contributed by atoms with van der Waals surface area (Å²) in [6.07, 6.45) is 0. The maximum absolute atomic E-state index is 13.3. The van der Waals surface area contributed by atoms with Gasteiger partial charge in [-0.2, -0.15) is 0 Å². The van der Waals surface area contributed by atoms with Crippen molar-refractivity contribution in [2.24, 2.45) is 0 Å². The lowest BCUT2D eigenvalue weighted by Gasteiger charge is -2.18. The summed E-state index contributed by atoms with van der Waals surface area (Å²) in [6, 6.07) is 7.23. The van der Waals surface area contributed by atoms with Gasteiger partial charge in [-0.25, -0.2) is 8.78 Å². The topological polar surface area (TPSA) is 0 Å². The first kappa shape index (κ1) is 19.7. The van der Waals surface area contributed by atoms with Crippen LogP contribution in [0.2, 0.25) is 39.7 Å². The van der Waals surface area contributed by atoms with E-state index in [1.807, 2.05) is 19.6 Å². The molecule has 0 saturated heterocycles. The van der Waals surface area contributed by atoms with Crippen molar-refractivity contribution in [3.63, 3.8) is 0 Å². The monoisotopic (exact) mass is 400 g/mol. The molecule has 0 nitrogen and oxygen atoms in total. The van der Waals surface area contributed by atoms with Gasteiger partial charge in [0.2, 0.25) is 0 Å². The largest absolute Gasteiger partial charge is 0.207 e. The van der Waals surface area contributed by atoms with Crippen molar-refractivity contribution < 1.29 is 8.78 Å². The summed E-state index contributed by atoms with van der Waals surface area (Å²) < 4.78 is 26.6. The van der Waals surface area contributed by atoms with E-state index >= 15 is 0 Å². The Balaban J connectivity index is 0.000000235. The normalized spacial score (nSPS) is 11.0. The molecule has 0 heterocycles. The first-order valence-electron chi connectivity index (χ1n) is 6.27. The SMILES string of the molecule is C[Si](C)(C)c1c(F)cc(Cl)cc1F.Clc1cc(Cl)cc(Cl)c1. The van der Waals surface area contributed by atoms with E-state index in [2.05, 4.69) is 0 Å². The summed E-state index contributed by atoms with van der Waals surface area (Å²) in [5, 5.41) is 2.02. The minimum atomic E-state index is -1.95. The van der Waals surface area contributed by atoms with Gasteiger partial charge in [0.15, 0.2) is 0 Å². The third kappa shape index (κ3) is 6.05. The van der Waals surface area contributed by atoms with Crippen LogP contribution in [0.3, 0.4) is 0 Å². The van der Waals surface area contributed by atoms with Gasteiger partial charge < -0.3 is 0 Å². The molecule has 0 atom stereocenters. The molecule has 0 aromatic heterocycles. The van der Waals surface area contributed by atoms with Gasteiger partial charge in [0, 0.05) is 25.3 Å². The van der Waals surface area contributed by atoms with Crippen LogP contribution in [-0.4, -0.2) is 8.07 Å². The average Bonchev–Trinajstić information content (AvgIpc) is 2.23. The molecule has 0 saturated carbocycles. The molecular formula is C15H14Cl4F2Si. The van der Waals surface area contributed by atoms with Crippen molar-refractivity contribution in [3.05, 3.63) is 62.1 Å². The first-order chi connectivity index (χ1) is 10.0. The molecule has 0 amide bonds. The van der Waals surface area contributed by atoms with E-state index in [0.717, 1.165) is 12.1 Å². The van der Waals surface area contributed by atoms with E-state index in [9.17, 15) is 8.78 Å². The van der Waals surface area contributed by atoms with Gasteiger partial charge in [-0.1, -0.05) is 66.0 Å². The van der Waals surface area contributed by atoms with Crippen molar-refractivity contribution in [1.29, 1.82) is 0 Å². The Morgan fingerprint density at radius 1 is 0.636 bits per heavy atom. The van der Waals surface area contributed by atoms with E-state index < -0.39 is 19.7 Å². The Morgan fingerprint density at radius 3 is 1.18 bits per heavy atom. The quantitative estimate of drug-likeness (QED) is 0.460. The summed E-state index contributed by atoms with van der Waals surface area (Å²) in [5.74, 6) is -1.05. The molecule has 7 heteroatoms. The van der Waals surface area contributed by atoms with E-state index in [4.69, 9.17) is 46.4 Å². The van der Waals surface area contributed by atoms with Crippen molar-refractivity contribution in [2.75, 3.05) is 0 Å². The Kier molecular flexibility index (Phi) is 7.15. The highest BCUT2D eigenvalue weighted by Crippen LogP contribution is 2.21. The number of hydrogen-bond donors (Lipinski definition) is 0. The van der Waals surface area contributed by atoms with Crippen LogP contribution < -0.4 is 5.19 Å².